The number of anilines is 1. The zero-order chi connectivity index (χ0) is 55.3. The number of hydrogen-bond donors (Lipinski definition) is 3. The van der Waals surface area contributed by atoms with Gasteiger partial charge in [0.05, 0.1) is 51.8 Å². The average Bonchev–Trinajstić information content (AvgIpc) is 4.06. The van der Waals surface area contributed by atoms with Crippen molar-refractivity contribution in [3.8, 4) is 22.9 Å². The number of allylic oxidation sites excluding steroid dienone is 1. The van der Waals surface area contributed by atoms with E-state index >= 15 is 4.39 Å². The normalized spacial score (nSPS) is 19.5. The molecule has 19 heteroatoms. The Kier molecular flexibility index (Phi) is 18.2. The quantitative estimate of drug-likeness (QED) is 0.0465. The van der Waals surface area contributed by atoms with Crippen molar-refractivity contribution in [2.24, 2.45) is 11.3 Å². The molecule has 3 heterocycles. The number of unbranched alkanes of at least 4 members (excludes halogenated alkanes) is 1. The van der Waals surface area contributed by atoms with Crippen LogP contribution in [-0.2, 0) is 41.0 Å². The number of ketones is 1. The average molecular weight is 1090 g/mol. The molecule has 2 amide bonds. The summed E-state index contributed by atoms with van der Waals surface area (Å²) in [5, 5.41) is 17.7. The third kappa shape index (κ3) is 13.1. The Balaban J connectivity index is 0.859. The first-order valence-corrected chi connectivity index (χ1v) is 27.0. The summed E-state index contributed by atoms with van der Waals surface area (Å²) in [7, 11) is -1.72. The Morgan fingerprint density at radius 3 is 2.24 bits per heavy atom. The lowest BCUT2D eigenvalue weighted by Gasteiger charge is -2.47. The fourth-order valence-electron chi connectivity index (χ4n) is 9.73. The number of carbonyl (C=O) groups excluding carboxylic acids is 3. The topological polar surface area (TPSA) is 162 Å². The maximum absolute atomic E-state index is 16.2. The van der Waals surface area contributed by atoms with Crippen LogP contribution >= 0.6 is 12.2 Å². The predicted octanol–water partition coefficient (Wildman–Crippen LogP) is 10.6. The van der Waals surface area contributed by atoms with Crippen molar-refractivity contribution in [2.45, 2.75) is 123 Å². The van der Waals surface area contributed by atoms with E-state index in [0.717, 1.165) is 34.7 Å². The van der Waals surface area contributed by atoms with Gasteiger partial charge in [-0.1, -0.05) is 88.4 Å². The van der Waals surface area contributed by atoms with Gasteiger partial charge >= 0.3 is 6.18 Å². The van der Waals surface area contributed by atoms with E-state index in [2.05, 4.69) is 16.0 Å². The Bertz CT molecular complexity index is 2900. The van der Waals surface area contributed by atoms with E-state index in [-0.39, 0.29) is 53.6 Å². The molecule has 0 bridgehead atoms. The van der Waals surface area contributed by atoms with E-state index in [1.807, 2.05) is 58.9 Å². The molecule has 4 aromatic rings. The molecule has 3 aliphatic rings. The van der Waals surface area contributed by atoms with Gasteiger partial charge in [0, 0.05) is 31.1 Å². The maximum atomic E-state index is 16.2. The largest absolute Gasteiger partial charge is 0.494 e. The molecule has 76 heavy (non-hydrogen) atoms. The number of thiocarbonyl (C=S) groups is 1. The van der Waals surface area contributed by atoms with Crippen LogP contribution < -0.4 is 25.6 Å². The van der Waals surface area contributed by atoms with Crippen LogP contribution in [0.2, 0.25) is 0 Å². The monoisotopic (exact) mass is 1090 g/mol. The minimum Gasteiger partial charge on any atom is -0.494 e. The molecular formula is C57H66F4N6O7S2. The fourth-order valence-corrected chi connectivity index (χ4v) is 12.2. The summed E-state index contributed by atoms with van der Waals surface area (Å²) >= 11 is 5.90. The number of halogens is 4. The van der Waals surface area contributed by atoms with Crippen LogP contribution in [0.25, 0.3) is 16.9 Å². The number of nitrogens with zero attached hydrogens (tertiary/aromatic N) is 3. The molecule has 13 nitrogen and oxygen atoms in total. The fraction of sp³-hybridized carbons (Fsp3) is 0.456. The van der Waals surface area contributed by atoms with E-state index in [1.165, 1.54) is 17.0 Å². The lowest BCUT2D eigenvalue weighted by Crippen LogP contribution is -2.60. The van der Waals surface area contributed by atoms with Gasteiger partial charge in [0.15, 0.2) is 12.5 Å². The molecule has 0 aromatic heterocycles. The number of hydrogen-bond acceptors (Lipinski definition) is 10. The number of alkyl halides is 3. The summed E-state index contributed by atoms with van der Waals surface area (Å²) < 4.78 is 90.9. The van der Waals surface area contributed by atoms with Crippen molar-refractivity contribution < 1.29 is 50.4 Å². The summed E-state index contributed by atoms with van der Waals surface area (Å²) in [5.41, 5.74) is 0.974. The van der Waals surface area contributed by atoms with Crippen LogP contribution in [0.3, 0.4) is 0 Å². The lowest BCUT2D eigenvalue weighted by atomic mass is 9.75. The highest BCUT2D eigenvalue weighted by molar-refractivity contribution is 7.83. The molecule has 0 radical (unpaired) electrons. The van der Waals surface area contributed by atoms with Crippen molar-refractivity contribution in [1.82, 2.24) is 20.3 Å². The highest BCUT2D eigenvalue weighted by Crippen LogP contribution is 2.43. The Hall–Kier alpha value is -6.20. The molecule has 3 aliphatic heterocycles. The van der Waals surface area contributed by atoms with Crippen molar-refractivity contribution in [2.75, 3.05) is 38.0 Å². The molecular weight excluding hydrogens is 1020 g/mol. The van der Waals surface area contributed by atoms with Gasteiger partial charge in [-0.2, -0.15) is 18.4 Å². The predicted molar refractivity (Wildman–Crippen MR) is 288 cm³/mol. The smallest absolute Gasteiger partial charge is 0.417 e. The number of rotatable bonds is 19. The van der Waals surface area contributed by atoms with Gasteiger partial charge in [-0.05, 0) is 123 Å². The Labute approximate surface area is 450 Å². The van der Waals surface area contributed by atoms with Crippen LogP contribution in [0.4, 0.5) is 23.2 Å². The van der Waals surface area contributed by atoms with E-state index < -0.39 is 74.2 Å². The van der Waals surface area contributed by atoms with Gasteiger partial charge in [0.25, 0.3) is 0 Å². The van der Waals surface area contributed by atoms with Crippen LogP contribution in [0.15, 0.2) is 90.6 Å². The third-order valence-electron chi connectivity index (χ3n) is 14.3. The molecule has 7 rings (SSSR count). The zero-order valence-electron chi connectivity index (χ0n) is 44.1. The van der Waals surface area contributed by atoms with Gasteiger partial charge in [0.1, 0.15) is 46.3 Å². The first-order chi connectivity index (χ1) is 35.9. The minimum atomic E-state index is -4.76. The standard InChI is InChI=1S/C57H66F4N6O7S2/c1-34(40-17-18-42(31-62)45(28-40)57(59,60)61)44-30-49(68)56(7,8)67(53(44)75)47-24-21-41(29-46(47)58)38-19-22-43(23-20-38)73-27-10-9-26-72-32-50(69)65-54(55(4,5)6)76(71)66-25-11-12-48(66)52(70)64-35(2)37-13-15-39(16-14-37)51-36(3)63-33-74-51/h13-24,28-29,34-35,44,48,54,63H,9-12,25-27,30,32-33H2,1-8H3,(H,64,70)(H,65,69)/t34?,35-,44?,48-,54+,76?/m0/s1. The molecule has 4 aromatic carbocycles. The highest BCUT2D eigenvalue weighted by atomic mass is 32.2. The molecule has 2 saturated heterocycles. The first-order valence-electron chi connectivity index (χ1n) is 25.4. The number of nitrogens with one attached hydrogen (secondary N) is 3. The number of amides is 2. The minimum absolute atomic E-state index is 0.0491. The van der Waals surface area contributed by atoms with Gasteiger partial charge in [-0.15, -0.1) is 0 Å². The number of ether oxygens (including phenoxy) is 3. The first kappa shape index (κ1) is 57.5. The summed E-state index contributed by atoms with van der Waals surface area (Å²) in [6, 6.07) is 23.7. The van der Waals surface area contributed by atoms with E-state index in [1.54, 1.807) is 67.5 Å². The number of nitriles is 1. The number of carbonyl (C=O) groups is 3. The van der Waals surface area contributed by atoms with Crippen molar-refractivity contribution >= 4 is 57.2 Å². The lowest BCUT2D eigenvalue weighted by molar-refractivity contribution is -0.138. The zero-order valence-corrected chi connectivity index (χ0v) is 45.7. The van der Waals surface area contributed by atoms with Gasteiger partial charge in [-0.3, -0.25) is 14.4 Å². The van der Waals surface area contributed by atoms with Gasteiger partial charge < -0.3 is 35.1 Å². The molecule has 2 fully saturated rings. The van der Waals surface area contributed by atoms with E-state index in [4.69, 9.17) is 26.4 Å². The number of piperidine rings is 1. The second-order valence-electron chi connectivity index (χ2n) is 21.1. The molecule has 3 unspecified atom stereocenters. The number of Topliss-reactive ketones (excluding diaryl/α,β-unsaturated/α-hetero) is 1. The molecule has 6 atom stereocenters. The molecule has 0 saturated carbocycles. The van der Waals surface area contributed by atoms with Crippen molar-refractivity contribution in [1.29, 1.82) is 5.26 Å². The molecule has 406 valence electrons. The Morgan fingerprint density at radius 1 is 0.947 bits per heavy atom. The summed E-state index contributed by atoms with van der Waals surface area (Å²) in [5.74, 6) is -1.51. The SMILES string of the molecule is CC1=C(c2ccc([C@H](C)NC(=O)[C@@H]3CCCN3S(=O)[C@@H](NC(=O)COCCCCOc3ccc(-c4ccc(N5C(=S)C(C(C)c6ccc(C#N)c(C(F)(F)F)c6)CC(=O)C5(C)C)c(F)c4)cc3)C(C)(C)C)cc2)OCN1. The highest BCUT2D eigenvalue weighted by Gasteiger charge is 2.48. The van der Waals surface area contributed by atoms with Crippen LogP contribution in [0.5, 0.6) is 5.75 Å². The molecule has 3 N–H and O–H groups in total. The molecule has 0 aliphatic carbocycles. The second-order valence-corrected chi connectivity index (χ2v) is 23.0. The van der Waals surface area contributed by atoms with Crippen molar-refractivity contribution in [3.05, 3.63) is 124 Å². The van der Waals surface area contributed by atoms with Gasteiger partial charge in [0.2, 0.25) is 11.8 Å². The second kappa shape index (κ2) is 24.0. The number of benzene rings is 4. The van der Waals surface area contributed by atoms with Crippen LogP contribution in [0.1, 0.15) is 127 Å². The Morgan fingerprint density at radius 2 is 1.61 bits per heavy atom. The summed E-state index contributed by atoms with van der Waals surface area (Å²) in [6.07, 6.45) is -2.36. The van der Waals surface area contributed by atoms with Gasteiger partial charge in [-0.25, -0.2) is 12.9 Å². The summed E-state index contributed by atoms with van der Waals surface area (Å²) in [4.78, 5) is 42.1. The van der Waals surface area contributed by atoms with Crippen LogP contribution in [0, 0.1) is 28.5 Å². The molecule has 0 spiro atoms. The third-order valence-corrected chi connectivity index (χ3v) is 16.9. The maximum Gasteiger partial charge on any atom is 0.417 e. The van der Waals surface area contributed by atoms with E-state index in [9.17, 15) is 37.0 Å². The van der Waals surface area contributed by atoms with E-state index in [0.29, 0.717) is 62.4 Å². The van der Waals surface area contributed by atoms with Crippen molar-refractivity contribution in [3.63, 3.8) is 0 Å². The van der Waals surface area contributed by atoms with Crippen LogP contribution in [-0.4, -0.2) is 81.2 Å². The summed E-state index contributed by atoms with van der Waals surface area (Å²) in [6.45, 7) is 15.8.